The second kappa shape index (κ2) is 5.15. The SMILES string of the molecule is OC(c1cccc2c1OCCC2)C1CC=CCC1. The largest absolute Gasteiger partial charge is 0.493 e. The molecule has 1 N–H and O–H groups in total. The van der Waals surface area contributed by atoms with Crippen LogP contribution in [0.3, 0.4) is 0 Å². The fourth-order valence-corrected chi connectivity index (χ4v) is 3.01. The van der Waals surface area contributed by atoms with Gasteiger partial charge in [-0.25, -0.2) is 0 Å². The van der Waals surface area contributed by atoms with Gasteiger partial charge < -0.3 is 9.84 Å². The van der Waals surface area contributed by atoms with Crippen LogP contribution in [0, 0.1) is 5.92 Å². The summed E-state index contributed by atoms with van der Waals surface area (Å²) < 4.78 is 5.79. The average molecular weight is 244 g/mol. The highest BCUT2D eigenvalue weighted by Crippen LogP contribution is 2.39. The van der Waals surface area contributed by atoms with Crippen LogP contribution in [0.5, 0.6) is 5.75 Å². The third kappa shape index (κ3) is 2.17. The summed E-state index contributed by atoms with van der Waals surface area (Å²) in [6.07, 6.45) is 9.29. The maximum Gasteiger partial charge on any atom is 0.128 e. The van der Waals surface area contributed by atoms with Crippen LogP contribution in [-0.4, -0.2) is 11.7 Å². The summed E-state index contributed by atoms with van der Waals surface area (Å²) >= 11 is 0. The summed E-state index contributed by atoms with van der Waals surface area (Å²) in [6, 6.07) is 6.18. The minimum Gasteiger partial charge on any atom is -0.493 e. The molecule has 0 spiro atoms. The van der Waals surface area contributed by atoms with Gasteiger partial charge in [-0.05, 0) is 43.6 Å². The van der Waals surface area contributed by atoms with E-state index in [-0.39, 0.29) is 6.10 Å². The van der Waals surface area contributed by atoms with E-state index in [1.54, 1.807) is 0 Å². The van der Waals surface area contributed by atoms with Crippen LogP contribution in [0.2, 0.25) is 0 Å². The summed E-state index contributed by atoms with van der Waals surface area (Å²) in [7, 11) is 0. The lowest BCUT2D eigenvalue weighted by Gasteiger charge is -2.28. The zero-order chi connectivity index (χ0) is 12.4. The number of para-hydroxylation sites is 1. The first-order chi connectivity index (χ1) is 8.86. The zero-order valence-electron chi connectivity index (χ0n) is 10.6. The summed E-state index contributed by atoms with van der Waals surface area (Å²) in [6.45, 7) is 0.779. The van der Waals surface area contributed by atoms with E-state index < -0.39 is 0 Å². The smallest absolute Gasteiger partial charge is 0.128 e. The van der Waals surface area contributed by atoms with Gasteiger partial charge in [0.2, 0.25) is 0 Å². The average Bonchev–Trinajstić information content (AvgIpc) is 2.47. The Morgan fingerprint density at radius 3 is 3.06 bits per heavy atom. The molecular formula is C16H20O2. The first-order valence-electron chi connectivity index (χ1n) is 6.94. The number of allylic oxidation sites excluding steroid dienone is 2. The summed E-state index contributed by atoms with van der Waals surface area (Å²) in [5.74, 6) is 1.29. The van der Waals surface area contributed by atoms with Crippen LogP contribution >= 0.6 is 0 Å². The molecule has 0 bridgehead atoms. The highest BCUT2D eigenvalue weighted by atomic mass is 16.5. The highest BCUT2D eigenvalue weighted by Gasteiger charge is 2.26. The standard InChI is InChI=1S/C16H20O2/c17-15(12-6-2-1-3-7-12)14-10-4-8-13-9-5-11-18-16(13)14/h1-2,4,8,10,12,15,17H,3,5-7,9,11H2. The second-order valence-electron chi connectivity index (χ2n) is 5.28. The molecule has 18 heavy (non-hydrogen) atoms. The molecule has 1 heterocycles. The van der Waals surface area contributed by atoms with E-state index in [1.807, 2.05) is 12.1 Å². The van der Waals surface area contributed by atoms with E-state index in [2.05, 4.69) is 18.2 Å². The highest BCUT2D eigenvalue weighted by molar-refractivity contribution is 5.44. The van der Waals surface area contributed by atoms with Crippen LogP contribution in [0.4, 0.5) is 0 Å². The van der Waals surface area contributed by atoms with Gasteiger partial charge in [-0.15, -0.1) is 0 Å². The van der Waals surface area contributed by atoms with Crippen molar-refractivity contribution in [2.45, 2.75) is 38.2 Å². The Kier molecular flexibility index (Phi) is 3.37. The van der Waals surface area contributed by atoms with Crippen molar-refractivity contribution in [3.05, 3.63) is 41.5 Å². The van der Waals surface area contributed by atoms with Crippen molar-refractivity contribution in [3.8, 4) is 5.75 Å². The van der Waals surface area contributed by atoms with Crippen molar-refractivity contribution < 1.29 is 9.84 Å². The number of ether oxygens (including phenoxy) is 1. The summed E-state index contributed by atoms with van der Waals surface area (Å²) in [5, 5.41) is 10.6. The molecule has 0 amide bonds. The number of aryl methyl sites for hydroxylation is 1. The zero-order valence-corrected chi connectivity index (χ0v) is 10.6. The van der Waals surface area contributed by atoms with E-state index in [4.69, 9.17) is 4.74 Å². The molecular weight excluding hydrogens is 224 g/mol. The minimum atomic E-state index is -0.386. The van der Waals surface area contributed by atoms with Gasteiger partial charge in [0.25, 0.3) is 0 Å². The van der Waals surface area contributed by atoms with Crippen LogP contribution < -0.4 is 4.74 Å². The summed E-state index contributed by atoms with van der Waals surface area (Å²) in [4.78, 5) is 0. The molecule has 96 valence electrons. The maximum atomic E-state index is 10.6. The first kappa shape index (κ1) is 11.8. The Labute approximate surface area is 108 Å². The van der Waals surface area contributed by atoms with Gasteiger partial charge in [0.05, 0.1) is 12.7 Å². The number of fused-ring (bicyclic) bond motifs is 1. The van der Waals surface area contributed by atoms with Gasteiger partial charge in [0.15, 0.2) is 0 Å². The third-order valence-corrected chi connectivity index (χ3v) is 4.04. The van der Waals surface area contributed by atoms with Gasteiger partial charge in [0, 0.05) is 5.56 Å². The van der Waals surface area contributed by atoms with Gasteiger partial charge >= 0.3 is 0 Å². The Balaban J connectivity index is 1.89. The lowest BCUT2D eigenvalue weighted by Crippen LogP contribution is -2.17. The van der Waals surface area contributed by atoms with E-state index in [9.17, 15) is 5.11 Å². The van der Waals surface area contributed by atoms with Crippen LogP contribution in [0.1, 0.15) is 42.9 Å². The molecule has 0 saturated carbocycles. The van der Waals surface area contributed by atoms with Gasteiger partial charge in [-0.2, -0.15) is 0 Å². The van der Waals surface area contributed by atoms with E-state index in [0.29, 0.717) is 5.92 Å². The molecule has 3 rings (SSSR count). The molecule has 2 heteroatoms. The Morgan fingerprint density at radius 1 is 1.28 bits per heavy atom. The van der Waals surface area contributed by atoms with Crippen molar-refractivity contribution in [3.63, 3.8) is 0 Å². The Hall–Kier alpha value is -1.28. The monoisotopic (exact) mass is 244 g/mol. The molecule has 1 aromatic rings. The van der Waals surface area contributed by atoms with Crippen molar-refractivity contribution in [1.82, 2.24) is 0 Å². The number of hydrogen-bond donors (Lipinski definition) is 1. The van der Waals surface area contributed by atoms with Gasteiger partial charge in [0.1, 0.15) is 5.75 Å². The molecule has 2 unspecified atom stereocenters. The number of aliphatic hydroxyl groups is 1. The fraction of sp³-hybridized carbons (Fsp3) is 0.500. The molecule has 0 saturated heterocycles. The van der Waals surface area contributed by atoms with Crippen LogP contribution in [0.15, 0.2) is 30.4 Å². The molecule has 1 aliphatic carbocycles. The lowest BCUT2D eigenvalue weighted by molar-refractivity contribution is 0.0978. The van der Waals surface area contributed by atoms with E-state index >= 15 is 0 Å². The fourth-order valence-electron chi connectivity index (χ4n) is 3.01. The first-order valence-corrected chi connectivity index (χ1v) is 6.94. The molecule has 1 aliphatic heterocycles. The van der Waals surface area contributed by atoms with Crippen molar-refractivity contribution in [2.75, 3.05) is 6.61 Å². The van der Waals surface area contributed by atoms with Gasteiger partial charge in [-0.3, -0.25) is 0 Å². The van der Waals surface area contributed by atoms with E-state index in [0.717, 1.165) is 50.0 Å². The Bertz CT molecular complexity index is 450. The number of aliphatic hydroxyl groups excluding tert-OH is 1. The predicted molar refractivity (Wildman–Crippen MR) is 71.7 cm³/mol. The molecule has 1 aromatic carbocycles. The second-order valence-corrected chi connectivity index (χ2v) is 5.28. The van der Waals surface area contributed by atoms with Crippen molar-refractivity contribution in [2.24, 2.45) is 5.92 Å². The molecule has 2 nitrogen and oxygen atoms in total. The summed E-state index contributed by atoms with van der Waals surface area (Å²) in [5.41, 5.74) is 2.25. The molecule has 0 radical (unpaired) electrons. The lowest BCUT2D eigenvalue weighted by atomic mass is 9.85. The topological polar surface area (TPSA) is 29.5 Å². The van der Waals surface area contributed by atoms with Gasteiger partial charge in [-0.1, -0.05) is 30.4 Å². The molecule has 0 fully saturated rings. The molecule has 0 aromatic heterocycles. The predicted octanol–water partition coefficient (Wildman–Crippen LogP) is 3.40. The van der Waals surface area contributed by atoms with Crippen LogP contribution in [-0.2, 0) is 6.42 Å². The molecule has 2 atom stereocenters. The maximum absolute atomic E-state index is 10.6. The van der Waals surface area contributed by atoms with Crippen molar-refractivity contribution in [1.29, 1.82) is 0 Å². The normalized spacial score (nSPS) is 24.2. The number of rotatable bonds is 2. The minimum absolute atomic E-state index is 0.340. The van der Waals surface area contributed by atoms with E-state index in [1.165, 1.54) is 5.56 Å². The quantitative estimate of drug-likeness (QED) is 0.808. The molecule has 2 aliphatic rings. The third-order valence-electron chi connectivity index (χ3n) is 4.04. The Morgan fingerprint density at radius 2 is 2.22 bits per heavy atom. The number of benzene rings is 1. The number of hydrogen-bond acceptors (Lipinski definition) is 2. The van der Waals surface area contributed by atoms with Crippen LogP contribution in [0.25, 0.3) is 0 Å². The van der Waals surface area contributed by atoms with Crippen molar-refractivity contribution >= 4 is 0 Å².